The summed E-state index contributed by atoms with van der Waals surface area (Å²) in [6.07, 6.45) is 4.52. The number of likely N-dealkylation sites (tertiary alicyclic amines) is 1. The van der Waals surface area contributed by atoms with Crippen molar-refractivity contribution in [2.45, 2.75) is 25.7 Å². The minimum absolute atomic E-state index is 0.0456. The van der Waals surface area contributed by atoms with Crippen LogP contribution in [0.2, 0.25) is 0 Å². The molecule has 1 amide bonds. The molecule has 1 aliphatic rings. The fourth-order valence-electron chi connectivity index (χ4n) is 2.24. The van der Waals surface area contributed by atoms with Crippen LogP contribution < -0.4 is 5.32 Å². The maximum absolute atomic E-state index is 13.6. The molecule has 19 heavy (non-hydrogen) atoms. The van der Waals surface area contributed by atoms with Crippen LogP contribution in [0.5, 0.6) is 0 Å². The van der Waals surface area contributed by atoms with Gasteiger partial charge in [0.05, 0.1) is 12.2 Å². The average Bonchev–Trinajstić information content (AvgIpc) is 2.66. The van der Waals surface area contributed by atoms with Gasteiger partial charge in [-0.2, -0.15) is 0 Å². The fraction of sp³-hybridized carbons (Fsp3) is 0.500. The van der Waals surface area contributed by atoms with E-state index in [1.165, 1.54) is 18.9 Å². The molecule has 0 bridgehead atoms. The van der Waals surface area contributed by atoms with Crippen molar-refractivity contribution in [3.05, 3.63) is 28.5 Å². The number of rotatable bonds is 3. The van der Waals surface area contributed by atoms with Crippen molar-refractivity contribution in [3.8, 4) is 0 Å². The molecule has 2 rings (SSSR count). The van der Waals surface area contributed by atoms with Gasteiger partial charge in [-0.05, 0) is 31.0 Å². The van der Waals surface area contributed by atoms with Gasteiger partial charge in [0.1, 0.15) is 5.82 Å². The Labute approximate surface area is 121 Å². The molecule has 3 nitrogen and oxygen atoms in total. The molecule has 0 saturated carbocycles. The van der Waals surface area contributed by atoms with Gasteiger partial charge >= 0.3 is 0 Å². The number of carbonyl (C=O) groups excluding carboxylic acids is 1. The molecule has 1 aromatic rings. The molecule has 104 valence electrons. The maximum atomic E-state index is 13.6. The van der Waals surface area contributed by atoms with E-state index in [0.29, 0.717) is 10.2 Å². The van der Waals surface area contributed by atoms with E-state index in [1.54, 1.807) is 12.1 Å². The predicted octanol–water partition coefficient (Wildman–Crippen LogP) is 3.40. The highest BCUT2D eigenvalue weighted by molar-refractivity contribution is 9.10. The summed E-state index contributed by atoms with van der Waals surface area (Å²) < 4.78 is 14.3. The minimum atomic E-state index is -0.349. The highest BCUT2D eigenvalue weighted by atomic mass is 79.9. The second-order valence-corrected chi connectivity index (χ2v) is 5.69. The zero-order valence-corrected chi connectivity index (χ0v) is 12.4. The highest BCUT2D eigenvalue weighted by Crippen LogP contribution is 2.19. The van der Waals surface area contributed by atoms with Gasteiger partial charge in [-0.15, -0.1) is 0 Å². The molecule has 0 spiro atoms. The van der Waals surface area contributed by atoms with Crippen LogP contribution in [-0.2, 0) is 4.79 Å². The van der Waals surface area contributed by atoms with Crippen molar-refractivity contribution >= 4 is 27.5 Å². The zero-order chi connectivity index (χ0) is 13.7. The highest BCUT2D eigenvalue weighted by Gasteiger charge is 2.15. The van der Waals surface area contributed by atoms with Crippen molar-refractivity contribution in [1.29, 1.82) is 0 Å². The van der Waals surface area contributed by atoms with Gasteiger partial charge in [-0.3, -0.25) is 4.79 Å². The van der Waals surface area contributed by atoms with E-state index in [4.69, 9.17) is 0 Å². The number of amides is 1. The summed E-state index contributed by atoms with van der Waals surface area (Å²) in [5.41, 5.74) is 0.367. The molecule has 0 radical (unpaired) electrons. The Balaban J connectivity index is 1.88. The second-order valence-electron chi connectivity index (χ2n) is 4.77. The molecule has 1 heterocycles. The van der Waals surface area contributed by atoms with Crippen LogP contribution in [-0.4, -0.2) is 30.4 Å². The summed E-state index contributed by atoms with van der Waals surface area (Å²) in [6, 6.07) is 4.77. The molecular formula is C14H18BrFN2O. The van der Waals surface area contributed by atoms with Gasteiger partial charge < -0.3 is 10.2 Å². The molecule has 1 aromatic carbocycles. The van der Waals surface area contributed by atoms with E-state index in [2.05, 4.69) is 21.2 Å². The van der Waals surface area contributed by atoms with Gasteiger partial charge in [-0.1, -0.05) is 28.8 Å². The van der Waals surface area contributed by atoms with Crippen LogP contribution in [0.3, 0.4) is 0 Å². The number of nitrogens with zero attached hydrogens (tertiary/aromatic N) is 1. The predicted molar refractivity (Wildman–Crippen MR) is 77.6 cm³/mol. The lowest BCUT2D eigenvalue weighted by molar-refractivity contribution is -0.129. The standard InChI is InChI=1S/C14H18BrFN2O/c15-11-5-6-13(12(16)9-11)17-10-14(19)18-7-3-1-2-4-8-18/h5-6,9,17H,1-4,7-8,10H2. The summed E-state index contributed by atoms with van der Waals surface area (Å²) in [5, 5.41) is 2.87. The average molecular weight is 329 g/mol. The number of nitrogens with one attached hydrogen (secondary N) is 1. The Bertz CT molecular complexity index is 445. The third kappa shape index (κ3) is 4.20. The van der Waals surface area contributed by atoms with E-state index in [1.807, 2.05) is 4.90 Å². The van der Waals surface area contributed by atoms with Crippen LogP contribution in [0.15, 0.2) is 22.7 Å². The van der Waals surface area contributed by atoms with Gasteiger partial charge in [-0.25, -0.2) is 4.39 Å². The molecule has 0 aromatic heterocycles. The molecule has 5 heteroatoms. The third-order valence-electron chi connectivity index (χ3n) is 3.32. The van der Waals surface area contributed by atoms with Gasteiger partial charge in [0.15, 0.2) is 0 Å². The fourth-order valence-corrected chi connectivity index (χ4v) is 2.57. The molecule has 0 aliphatic carbocycles. The first-order valence-corrected chi connectivity index (χ1v) is 7.43. The molecule has 1 N–H and O–H groups in total. The van der Waals surface area contributed by atoms with Crippen molar-refractivity contribution in [3.63, 3.8) is 0 Å². The molecule has 1 aliphatic heterocycles. The lowest BCUT2D eigenvalue weighted by atomic mass is 10.2. The minimum Gasteiger partial charge on any atom is -0.374 e. The first-order chi connectivity index (χ1) is 9.16. The van der Waals surface area contributed by atoms with E-state index in [0.717, 1.165) is 25.9 Å². The smallest absolute Gasteiger partial charge is 0.241 e. The number of benzene rings is 1. The zero-order valence-electron chi connectivity index (χ0n) is 10.8. The van der Waals surface area contributed by atoms with Crippen molar-refractivity contribution in [2.24, 2.45) is 0 Å². The van der Waals surface area contributed by atoms with E-state index < -0.39 is 0 Å². The third-order valence-corrected chi connectivity index (χ3v) is 3.81. The van der Waals surface area contributed by atoms with Gasteiger partial charge in [0.2, 0.25) is 5.91 Å². The summed E-state index contributed by atoms with van der Waals surface area (Å²) >= 11 is 3.20. The van der Waals surface area contributed by atoms with Crippen LogP contribution in [0.1, 0.15) is 25.7 Å². The van der Waals surface area contributed by atoms with Crippen LogP contribution in [0.4, 0.5) is 10.1 Å². The molecule has 0 unspecified atom stereocenters. The summed E-state index contributed by atoms with van der Waals surface area (Å²) in [6.45, 7) is 1.80. The van der Waals surface area contributed by atoms with Crippen LogP contribution >= 0.6 is 15.9 Å². The molecule has 1 saturated heterocycles. The van der Waals surface area contributed by atoms with Crippen molar-refractivity contribution in [2.75, 3.05) is 25.0 Å². The lowest BCUT2D eigenvalue weighted by Gasteiger charge is -2.20. The topological polar surface area (TPSA) is 32.3 Å². The van der Waals surface area contributed by atoms with E-state index in [-0.39, 0.29) is 18.3 Å². The molecular weight excluding hydrogens is 311 g/mol. The first kappa shape index (κ1) is 14.3. The maximum Gasteiger partial charge on any atom is 0.241 e. The summed E-state index contributed by atoms with van der Waals surface area (Å²) in [7, 11) is 0. The van der Waals surface area contributed by atoms with Crippen LogP contribution in [0.25, 0.3) is 0 Å². The Morgan fingerprint density at radius 2 is 1.95 bits per heavy atom. The monoisotopic (exact) mass is 328 g/mol. The van der Waals surface area contributed by atoms with Crippen molar-refractivity contribution < 1.29 is 9.18 Å². The quantitative estimate of drug-likeness (QED) is 0.922. The second kappa shape index (κ2) is 6.89. The number of carbonyl (C=O) groups is 1. The van der Waals surface area contributed by atoms with Crippen molar-refractivity contribution in [1.82, 2.24) is 4.90 Å². The number of hydrogen-bond donors (Lipinski definition) is 1. The Morgan fingerprint density at radius 1 is 1.26 bits per heavy atom. The number of hydrogen-bond acceptors (Lipinski definition) is 2. The van der Waals surface area contributed by atoms with Gasteiger partial charge in [0, 0.05) is 17.6 Å². The first-order valence-electron chi connectivity index (χ1n) is 6.63. The lowest BCUT2D eigenvalue weighted by Crippen LogP contribution is -2.36. The largest absolute Gasteiger partial charge is 0.374 e. The Hall–Kier alpha value is -1.10. The van der Waals surface area contributed by atoms with Gasteiger partial charge in [0.25, 0.3) is 0 Å². The summed E-state index contributed by atoms with van der Waals surface area (Å²) in [5.74, 6) is -0.303. The normalized spacial score (nSPS) is 16.0. The molecule has 1 fully saturated rings. The number of anilines is 1. The summed E-state index contributed by atoms with van der Waals surface area (Å²) in [4.78, 5) is 13.9. The Morgan fingerprint density at radius 3 is 2.58 bits per heavy atom. The SMILES string of the molecule is O=C(CNc1ccc(Br)cc1F)N1CCCCCC1. The Kier molecular flexibility index (Phi) is 5.19. The van der Waals surface area contributed by atoms with E-state index >= 15 is 0 Å². The van der Waals surface area contributed by atoms with Crippen LogP contribution in [0, 0.1) is 5.82 Å². The van der Waals surface area contributed by atoms with E-state index in [9.17, 15) is 9.18 Å². The number of halogens is 2. The molecule has 0 atom stereocenters.